The fraction of sp³-hybridized carbons (Fsp3) is 0.0952. The molecule has 4 rings (SSSR count). The van der Waals surface area contributed by atoms with Crippen LogP contribution in [0, 0.1) is 0 Å². The number of benzene rings is 3. The summed E-state index contributed by atoms with van der Waals surface area (Å²) in [6.45, 7) is 1.94. The first-order valence-electron chi connectivity index (χ1n) is 8.75. The lowest BCUT2D eigenvalue weighted by molar-refractivity contribution is 0.466. The summed E-state index contributed by atoms with van der Waals surface area (Å²) in [5.74, 6) is 0.118. The zero-order valence-electron chi connectivity index (χ0n) is 15.0. The van der Waals surface area contributed by atoms with Crippen molar-refractivity contribution in [3.05, 3.63) is 83.5 Å². The maximum Gasteiger partial charge on any atom is 0.341 e. The monoisotopic (exact) mass is 412 g/mol. The quantitative estimate of drug-likeness (QED) is 0.432. The zero-order valence-corrected chi connectivity index (χ0v) is 16.6. The molecule has 0 saturated carbocycles. The van der Waals surface area contributed by atoms with Crippen molar-refractivity contribution < 1.29 is 12.6 Å². The van der Waals surface area contributed by atoms with Crippen molar-refractivity contribution >= 4 is 32.5 Å². The van der Waals surface area contributed by atoms with Crippen molar-refractivity contribution in [3.8, 4) is 11.6 Å². The highest BCUT2D eigenvalue weighted by Crippen LogP contribution is 2.28. The summed E-state index contributed by atoms with van der Waals surface area (Å²) in [5.41, 5.74) is 1.33. The number of fused-ring (bicyclic) bond motifs is 1. The molecular weight excluding hydrogens is 396 g/mol. The first-order valence-corrected chi connectivity index (χ1v) is 10.5. The average molecular weight is 413 g/mol. The van der Waals surface area contributed by atoms with E-state index in [-0.39, 0.29) is 10.8 Å². The van der Waals surface area contributed by atoms with Gasteiger partial charge in [-0.1, -0.05) is 61.0 Å². The van der Waals surface area contributed by atoms with E-state index in [0.29, 0.717) is 28.2 Å². The fourth-order valence-corrected chi connectivity index (χ4v) is 4.32. The molecule has 7 heteroatoms. The minimum absolute atomic E-state index is 0.113. The largest absolute Gasteiger partial charge is 0.358 e. The summed E-state index contributed by atoms with van der Waals surface area (Å²) in [7, 11) is -4.07. The molecule has 3 aromatic carbocycles. The van der Waals surface area contributed by atoms with E-state index in [1.165, 1.54) is 4.68 Å². The number of halogens is 1. The van der Waals surface area contributed by atoms with Crippen LogP contribution in [-0.2, 0) is 16.5 Å². The summed E-state index contributed by atoms with van der Waals surface area (Å²) in [6.07, 6.45) is 0.637. The highest BCUT2D eigenvalue weighted by molar-refractivity contribution is 7.87. The number of aryl methyl sites for hydroxylation is 1. The third kappa shape index (κ3) is 3.48. The van der Waals surface area contributed by atoms with Gasteiger partial charge in [0.15, 0.2) is 0 Å². The summed E-state index contributed by atoms with van der Waals surface area (Å²) >= 11 is 6.08. The van der Waals surface area contributed by atoms with E-state index in [1.54, 1.807) is 54.6 Å². The van der Waals surface area contributed by atoms with Gasteiger partial charge in [-0.05, 0) is 36.1 Å². The summed E-state index contributed by atoms with van der Waals surface area (Å²) in [4.78, 5) is 0.113. The smallest absolute Gasteiger partial charge is 0.341 e. The van der Waals surface area contributed by atoms with Gasteiger partial charge >= 0.3 is 10.1 Å². The Morgan fingerprint density at radius 1 is 1.00 bits per heavy atom. The second kappa shape index (κ2) is 7.30. The average Bonchev–Trinajstić information content (AvgIpc) is 3.09. The van der Waals surface area contributed by atoms with E-state index in [1.807, 2.05) is 25.1 Å². The highest BCUT2D eigenvalue weighted by Gasteiger charge is 2.23. The molecular formula is C21H17ClN2O3S. The summed E-state index contributed by atoms with van der Waals surface area (Å²) in [5, 5.41) is 6.40. The van der Waals surface area contributed by atoms with Crippen LogP contribution in [0.1, 0.15) is 12.6 Å². The van der Waals surface area contributed by atoms with Crippen LogP contribution in [-0.4, -0.2) is 18.2 Å². The minimum atomic E-state index is -4.07. The molecule has 1 heterocycles. The molecule has 0 aliphatic rings. The predicted molar refractivity (Wildman–Crippen MR) is 110 cm³/mol. The third-order valence-corrected chi connectivity index (χ3v) is 5.88. The molecule has 0 unspecified atom stereocenters. The van der Waals surface area contributed by atoms with Crippen LogP contribution in [0.3, 0.4) is 0 Å². The van der Waals surface area contributed by atoms with Crippen molar-refractivity contribution in [1.82, 2.24) is 9.78 Å². The molecule has 0 amide bonds. The Balaban J connectivity index is 1.81. The molecule has 5 nitrogen and oxygen atoms in total. The van der Waals surface area contributed by atoms with Gasteiger partial charge in [-0.3, -0.25) is 0 Å². The Labute approximate surface area is 168 Å². The van der Waals surface area contributed by atoms with Crippen LogP contribution >= 0.6 is 11.6 Å². The first-order chi connectivity index (χ1) is 13.5. The third-order valence-electron chi connectivity index (χ3n) is 4.36. The minimum Gasteiger partial charge on any atom is -0.358 e. The van der Waals surface area contributed by atoms with Crippen molar-refractivity contribution in [2.45, 2.75) is 18.2 Å². The van der Waals surface area contributed by atoms with Gasteiger partial charge in [-0.25, -0.2) is 0 Å². The molecule has 0 saturated heterocycles. The van der Waals surface area contributed by atoms with Crippen molar-refractivity contribution in [3.63, 3.8) is 0 Å². The molecule has 0 radical (unpaired) electrons. The zero-order chi connectivity index (χ0) is 19.7. The van der Waals surface area contributed by atoms with Gasteiger partial charge in [-0.2, -0.15) is 18.2 Å². The lowest BCUT2D eigenvalue weighted by Gasteiger charge is -2.11. The normalized spacial score (nSPS) is 11.6. The summed E-state index contributed by atoms with van der Waals surface area (Å²) in [6, 6.07) is 21.0. The second-order valence-corrected chi connectivity index (χ2v) is 8.19. The van der Waals surface area contributed by atoms with E-state index in [4.69, 9.17) is 15.8 Å². The van der Waals surface area contributed by atoms with E-state index in [9.17, 15) is 8.42 Å². The van der Waals surface area contributed by atoms with Crippen molar-refractivity contribution in [2.75, 3.05) is 0 Å². The van der Waals surface area contributed by atoms with Gasteiger partial charge in [-0.15, -0.1) is 0 Å². The molecule has 1 aromatic heterocycles. The molecule has 0 atom stereocenters. The molecule has 0 aliphatic heterocycles. The lowest BCUT2D eigenvalue weighted by atomic mass is 10.1. The first kappa shape index (κ1) is 18.5. The topological polar surface area (TPSA) is 61.2 Å². The van der Waals surface area contributed by atoms with Gasteiger partial charge in [0.1, 0.15) is 4.90 Å². The fourth-order valence-electron chi connectivity index (χ4n) is 3.01. The van der Waals surface area contributed by atoms with Crippen LogP contribution in [0.2, 0.25) is 5.02 Å². The van der Waals surface area contributed by atoms with Crippen molar-refractivity contribution in [1.29, 1.82) is 0 Å². The van der Waals surface area contributed by atoms with E-state index < -0.39 is 10.1 Å². The van der Waals surface area contributed by atoms with Crippen LogP contribution in [0.15, 0.2) is 77.7 Å². The number of aromatic nitrogens is 2. The van der Waals surface area contributed by atoms with Crippen molar-refractivity contribution in [2.24, 2.45) is 0 Å². The van der Waals surface area contributed by atoms with Gasteiger partial charge in [0.2, 0.25) is 5.88 Å². The SMILES string of the molecule is CCc1cc(OS(=O)(=O)c2cccc3ccccc23)n(-c2cccc(Cl)c2)n1. The lowest BCUT2D eigenvalue weighted by Crippen LogP contribution is -2.13. The Hall–Kier alpha value is -2.83. The van der Waals surface area contributed by atoms with E-state index >= 15 is 0 Å². The number of rotatable bonds is 5. The molecule has 0 spiro atoms. The molecule has 28 heavy (non-hydrogen) atoms. The number of nitrogens with zero attached hydrogens (tertiary/aromatic N) is 2. The molecule has 4 aromatic rings. The van der Waals surface area contributed by atoms with Crippen LogP contribution in [0.4, 0.5) is 0 Å². The van der Waals surface area contributed by atoms with Gasteiger partial charge in [0.25, 0.3) is 0 Å². The Morgan fingerprint density at radius 3 is 2.54 bits per heavy atom. The number of hydrogen-bond acceptors (Lipinski definition) is 4. The number of hydrogen-bond donors (Lipinski definition) is 0. The Kier molecular flexibility index (Phi) is 4.83. The van der Waals surface area contributed by atoms with Gasteiger partial charge < -0.3 is 4.18 Å². The molecule has 0 bridgehead atoms. The van der Waals surface area contributed by atoms with Gasteiger partial charge in [0.05, 0.1) is 11.4 Å². The molecule has 142 valence electrons. The molecule has 0 fully saturated rings. The summed E-state index contributed by atoms with van der Waals surface area (Å²) < 4.78 is 33.1. The van der Waals surface area contributed by atoms with Crippen LogP contribution < -0.4 is 4.18 Å². The predicted octanol–water partition coefficient (Wildman–Crippen LogP) is 5.01. The molecule has 0 aliphatic carbocycles. The van der Waals surface area contributed by atoms with Crippen LogP contribution in [0.5, 0.6) is 5.88 Å². The highest BCUT2D eigenvalue weighted by atomic mass is 35.5. The Morgan fingerprint density at radius 2 is 1.75 bits per heavy atom. The van der Waals surface area contributed by atoms with Gasteiger partial charge in [0, 0.05) is 16.5 Å². The maximum absolute atomic E-state index is 13.1. The Bertz CT molecular complexity index is 1260. The standard InChI is InChI=1S/C21H17ClN2O3S/c1-2-17-14-21(24(23-17)18-10-6-9-16(22)13-18)27-28(25,26)20-12-5-8-15-7-3-4-11-19(15)20/h3-14H,2H2,1H3. The van der Waals surface area contributed by atoms with E-state index in [0.717, 1.165) is 5.39 Å². The maximum atomic E-state index is 13.1. The van der Waals surface area contributed by atoms with Crippen LogP contribution in [0.25, 0.3) is 16.5 Å². The van der Waals surface area contributed by atoms with E-state index in [2.05, 4.69) is 5.10 Å². The second-order valence-electron chi connectivity index (χ2n) is 6.23. The molecule has 0 N–H and O–H groups in total.